The zero-order valence-corrected chi connectivity index (χ0v) is 11.4. The summed E-state index contributed by atoms with van der Waals surface area (Å²) in [5, 5.41) is 11.7. The molecule has 0 atom stereocenters. The summed E-state index contributed by atoms with van der Waals surface area (Å²) < 4.78 is 0. The van der Waals surface area contributed by atoms with Crippen molar-refractivity contribution >= 4 is 28.8 Å². The first kappa shape index (κ1) is 13.5. The molecule has 0 aliphatic carbocycles. The van der Waals surface area contributed by atoms with Gasteiger partial charge in [0.1, 0.15) is 6.07 Å². The van der Waals surface area contributed by atoms with Gasteiger partial charge in [-0.1, -0.05) is 24.4 Å². The number of anilines is 1. The minimum atomic E-state index is -0.306. The third kappa shape index (κ3) is 3.30. The van der Waals surface area contributed by atoms with Gasteiger partial charge in [0, 0.05) is 13.1 Å². The van der Waals surface area contributed by atoms with E-state index in [0.29, 0.717) is 16.2 Å². The fraction of sp³-hybridized carbons (Fsp3) is 0.357. The molecule has 1 aromatic carbocycles. The number of carbonyl (C=O) groups is 1. The van der Waals surface area contributed by atoms with Crippen molar-refractivity contribution in [3.8, 4) is 6.07 Å². The Morgan fingerprint density at radius 2 is 1.95 bits per heavy atom. The predicted octanol–water partition coefficient (Wildman–Crippen LogP) is 2.31. The molecule has 98 valence electrons. The van der Waals surface area contributed by atoms with Gasteiger partial charge in [-0.15, -0.1) is 0 Å². The molecule has 0 saturated carbocycles. The van der Waals surface area contributed by atoms with Crippen LogP contribution in [0.5, 0.6) is 0 Å². The van der Waals surface area contributed by atoms with Gasteiger partial charge >= 0.3 is 0 Å². The van der Waals surface area contributed by atoms with Crippen LogP contribution < -0.4 is 5.32 Å². The zero-order valence-electron chi connectivity index (χ0n) is 10.6. The molecule has 1 aliphatic heterocycles. The third-order valence-corrected chi connectivity index (χ3v) is 3.58. The average Bonchev–Trinajstić information content (AvgIpc) is 2.48. The molecule has 5 heteroatoms. The average molecular weight is 273 g/mol. The Hall–Kier alpha value is -1.93. The fourth-order valence-electron chi connectivity index (χ4n) is 2.11. The summed E-state index contributed by atoms with van der Waals surface area (Å²) in [6.45, 7) is 1.68. The molecule has 0 radical (unpaired) electrons. The van der Waals surface area contributed by atoms with Gasteiger partial charge in [0.05, 0.1) is 11.3 Å². The summed E-state index contributed by atoms with van der Waals surface area (Å²) in [5.41, 5.74) is 0.951. The lowest BCUT2D eigenvalue weighted by Gasteiger charge is -2.28. The molecule has 2 rings (SSSR count). The summed E-state index contributed by atoms with van der Waals surface area (Å²) in [5.74, 6) is -0.306. The van der Waals surface area contributed by atoms with Crippen molar-refractivity contribution in [3.63, 3.8) is 0 Å². The van der Waals surface area contributed by atoms with E-state index in [9.17, 15) is 4.79 Å². The minimum absolute atomic E-state index is 0.306. The SMILES string of the molecule is N#Cc1ccccc1NC(=O)C(=S)N1CCCCC1. The molecular weight excluding hydrogens is 258 g/mol. The number of hydrogen-bond donors (Lipinski definition) is 1. The van der Waals surface area contributed by atoms with E-state index >= 15 is 0 Å². The van der Waals surface area contributed by atoms with Crippen molar-refractivity contribution in [2.75, 3.05) is 18.4 Å². The molecule has 1 amide bonds. The second-order valence-corrected chi connectivity index (χ2v) is 4.85. The molecule has 1 aliphatic rings. The number of rotatable bonds is 1. The van der Waals surface area contributed by atoms with E-state index in [2.05, 4.69) is 5.32 Å². The van der Waals surface area contributed by atoms with Gasteiger partial charge in [-0.3, -0.25) is 4.79 Å². The van der Waals surface area contributed by atoms with E-state index in [4.69, 9.17) is 17.5 Å². The van der Waals surface area contributed by atoms with E-state index in [1.807, 2.05) is 11.0 Å². The van der Waals surface area contributed by atoms with Crippen molar-refractivity contribution in [2.24, 2.45) is 0 Å². The number of nitrogens with one attached hydrogen (secondary N) is 1. The molecule has 4 nitrogen and oxygen atoms in total. The number of carbonyl (C=O) groups excluding carboxylic acids is 1. The number of nitrogens with zero attached hydrogens (tertiary/aromatic N) is 2. The van der Waals surface area contributed by atoms with Gasteiger partial charge in [-0.05, 0) is 31.4 Å². The molecule has 0 aromatic heterocycles. The molecule has 0 bridgehead atoms. The van der Waals surface area contributed by atoms with E-state index in [0.717, 1.165) is 25.9 Å². The summed E-state index contributed by atoms with van der Waals surface area (Å²) in [6.07, 6.45) is 3.34. The maximum Gasteiger partial charge on any atom is 0.283 e. The number of amides is 1. The lowest BCUT2D eigenvalue weighted by molar-refractivity contribution is -0.110. The van der Waals surface area contributed by atoms with Gasteiger partial charge in [-0.2, -0.15) is 5.26 Å². The van der Waals surface area contributed by atoms with Gasteiger partial charge in [0.2, 0.25) is 0 Å². The molecule has 1 N–H and O–H groups in total. The van der Waals surface area contributed by atoms with Gasteiger partial charge in [0.25, 0.3) is 5.91 Å². The topological polar surface area (TPSA) is 56.1 Å². The molecule has 0 spiro atoms. The lowest BCUT2D eigenvalue weighted by Crippen LogP contribution is -2.41. The third-order valence-electron chi connectivity index (χ3n) is 3.13. The normalized spacial score (nSPS) is 14.6. The Bertz CT molecular complexity index is 530. The van der Waals surface area contributed by atoms with Gasteiger partial charge in [-0.25, -0.2) is 0 Å². The first-order valence-electron chi connectivity index (χ1n) is 6.32. The monoisotopic (exact) mass is 273 g/mol. The van der Waals surface area contributed by atoms with Crippen molar-refractivity contribution in [1.29, 1.82) is 5.26 Å². The van der Waals surface area contributed by atoms with Crippen molar-refractivity contribution < 1.29 is 4.79 Å². The number of likely N-dealkylation sites (tertiary alicyclic amines) is 1. The Labute approximate surface area is 118 Å². The van der Waals surface area contributed by atoms with Crippen molar-refractivity contribution in [2.45, 2.75) is 19.3 Å². The number of benzene rings is 1. The fourth-order valence-corrected chi connectivity index (χ4v) is 2.34. The van der Waals surface area contributed by atoms with Crippen LogP contribution in [-0.4, -0.2) is 28.9 Å². The van der Waals surface area contributed by atoms with E-state index in [1.54, 1.807) is 24.3 Å². The van der Waals surface area contributed by atoms with E-state index < -0.39 is 0 Å². The minimum Gasteiger partial charge on any atom is -0.358 e. The van der Waals surface area contributed by atoms with Crippen LogP contribution in [0.15, 0.2) is 24.3 Å². The lowest BCUT2D eigenvalue weighted by atomic mass is 10.1. The highest BCUT2D eigenvalue weighted by molar-refractivity contribution is 7.82. The number of nitriles is 1. The zero-order chi connectivity index (χ0) is 13.7. The van der Waals surface area contributed by atoms with Crippen LogP contribution >= 0.6 is 12.2 Å². The van der Waals surface area contributed by atoms with Crippen LogP contribution in [0.3, 0.4) is 0 Å². The standard InChI is InChI=1S/C14H15N3OS/c15-10-11-6-2-3-7-12(11)16-13(18)14(19)17-8-4-1-5-9-17/h2-3,6-7H,1,4-5,8-9H2,(H,16,18). The van der Waals surface area contributed by atoms with Crippen molar-refractivity contribution in [3.05, 3.63) is 29.8 Å². The molecule has 1 fully saturated rings. The molecule has 1 aromatic rings. The van der Waals surface area contributed by atoms with Crippen LogP contribution in [0, 0.1) is 11.3 Å². The van der Waals surface area contributed by atoms with Crippen molar-refractivity contribution in [1.82, 2.24) is 4.90 Å². The molecular formula is C14H15N3OS. The summed E-state index contributed by atoms with van der Waals surface area (Å²) >= 11 is 5.21. The molecule has 19 heavy (non-hydrogen) atoms. The maximum absolute atomic E-state index is 12.1. The quantitative estimate of drug-likeness (QED) is 0.798. The summed E-state index contributed by atoms with van der Waals surface area (Å²) in [4.78, 5) is 14.3. The van der Waals surface area contributed by atoms with Crippen LogP contribution in [0.4, 0.5) is 5.69 Å². The van der Waals surface area contributed by atoms with E-state index in [1.165, 1.54) is 6.42 Å². The highest BCUT2D eigenvalue weighted by Gasteiger charge is 2.20. The van der Waals surface area contributed by atoms with Crippen LogP contribution in [0.25, 0.3) is 0 Å². The van der Waals surface area contributed by atoms with Crippen LogP contribution in [-0.2, 0) is 4.79 Å². The largest absolute Gasteiger partial charge is 0.358 e. The highest BCUT2D eigenvalue weighted by Crippen LogP contribution is 2.15. The van der Waals surface area contributed by atoms with Crippen LogP contribution in [0.2, 0.25) is 0 Å². The number of thiocarbonyl (C=S) groups is 1. The van der Waals surface area contributed by atoms with Gasteiger partial charge < -0.3 is 10.2 Å². The summed E-state index contributed by atoms with van der Waals surface area (Å²) in [6, 6.07) is 8.96. The maximum atomic E-state index is 12.1. The molecule has 1 heterocycles. The Morgan fingerprint density at radius 1 is 1.26 bits per heavy atom. The van der Waals surface area contributed by atoms with Gasteiger partial charge in [0.15, 0.2) is 4.99 Å². The second-order valence-electron chi connectivity index (χ2n) is 4.46. The Morgan fingerprint density at radius 3 is 2.63 bits per heavy atom. The predicted molar refractivity (Wildman–Crippen MR) is 77.8 cm³/mol. The number of hydrogen-bond acceptors (Lipinski definition) is 3. The van der Waals surface area contributed by atoms with Crippen LogP contribution in [0.1, 0.15) is 24.8 Å². The van der Waals surface area contributed by atoms with E-state index in [-0.39, 0.29) is 5.91 Å². The molecule has 0 unspecified atom stereocenters. The summed E-state index contributed by atoms with van der Waals surface area (Å²) in [7, 11) is 0. The smallest absolute Gasteiger partial charge is 0.283 e. The first-order chi connectivity index (χ1) is 9.22. The second kappa shape index (κ2) is 6.30. The first-order valence-corrected chi connectivity index (χ1v) is 6.72. The Balaban J connectivity index is 2.04. The molecule has 1 saturated heterocycles. The number of para-hydroxylation sites is 1. The Kier molecular flexibility index (Phi) is 4.48. The number of piperidine rings is 1. The highest BCUT2D eigenvalue weighted by atomic mass is 32.1.